The molecule has 0 aromatic heterocycles. The van der Waals surface area contributed by atoms with Crippen LogP contribution in [0.5, 0.6) is 0 Å². The molecule has 0 spiro atoms. The van der Waals surface area contributed by atoms with Crippen molar-refractivity contribution in [2.75, 3.05) is 6.26 Å². The molecule has 0 bridgehead atoms. The lowest BCUT2D eigenvalue weighted by Crippen LogP contribution is -1.98. The van der Waals surface area contributed by atoms with Crippen LogP contribution in [0.3, 0.4) is 0 Å². The summed E-state index contributed by atoms with van der Waals surface area (Å²) >= 11 is 14.0. The average molecular weight is 337 g/mol. The second kappa shape index (κ2) is 5.41. The van der Waals surface area contributed by atoms with E-state index in [1.165, 1.54) is 0 Å². The predicted molar refractivity (Wildman–Crippen MR) is 90.2 cm³/mol. The molecule has 2 nitrogen and oxygen atoms in total. The number of aromatic carboxylic acids is 1. The van der Waals surface area contributed by atoms with Crippen molar-refractivity contribution in [1.29, 1.82) is 0 Å². The van der Waals surface area contributed by atoms with Crippen molar-refractivity contribution in [2.24, 2.45) is 0 Å². The molecule has 0 heterocycles. The molecule has 0 radical (unpaired) electrons. The fourth-order valence-electron chi connectivity index (χ4n) is 2.46. The van der Waals surface area contributed by atoms with Gasteiger partial charge in [0.25, 0.3) is 0 Å². The second-order valence-corrected chi connectivity index (χ2v) is 6.27. The summed E-state index contributed by atoms with van der Waals surface area (Å²) in [6, 6.07) is 10.9. The molecule has 0 aliphatic rings. The highest BCUT2D eigenvalue weighted by molar-refractivity contribution is 7.98. The van der Waals surface area contributed by atoms with Crippen molar-refractivity contribution in [3.05, 3.63) is 52.0 Å². The molecule has 0 atom stereocenters. The number of hydrogen-bond donors (Lipinski definition) is 1. The molecule has 0 aliphatic carbocycles. The van der Waals surface area contributed by atoms with Gasteiger partial charge in [-0.1, -0.05) is 35.3 Å². The molecular weight excluding hydrogens is 327 g/mol. The number of hydrogen-bond acceptors (Lipinski definition) is 2. The first kappa shape index (κ1) is 14.5. The average Bonchev–Trinajstić information content (AvgIpc) is 2.48. The normalized spacial score (nSPS) is 11.2. The number of thioether (sulfide) groups is 1. The Morgan fingerprint density at radius 1 is 1.10 bits per heavy atom. The first-order chi connectivity index (χ1) is 10.0. The first-order valence-electron chi connectivity index (χ1n) is 6.14. The van der Waals surface area contributed by atoms with Gasteiger partial charge >= 0.3 is 5.97 Å². The van der Waals surface area contributed by atoms with Gasteiger partial charge in [-0.3, -0.25) is 0 Å². The minimum atomic E-state index is -0.977. The predicted octanol–water partition coefficient (Wildman–Crippen LogP) is 5.72. The van der Waals surface area contributed by atoms with Crippen LogP contribution in [0.25, 0.3) is 21.5 Å². The fourth-order valence-corrected chi connectivity index (χ4v) is 3.34. The number of benzene rings is 3. The number of rotatable bonds is 2. The zero-order valence-electron chi connectivity index (χ0n) is 11.0. The molecule has 1 N–H and O–H groups in total. The molecule has 0 fully saturated rings. The maximum atomic E-state index is 11.5. The molecule has 5 heteroatoms. The zero-order chi connectivity index (χ0) is 15.1. The van der Waals surface area contributed by atoms with Gasteiger partial charge in [0.1, 0.15) is 0 Å². The van der Waals surface area contributed by atoms with E-state index in [0.717, 1.165) is 15.7 Å². The van der Waals surface area contributed by atoms with Crippen molar-refractivity contribution in [3.63, 3.8) is 0 Å². The van der Waals surface area contributed by atoms with Gasteiger partial charge in [0.15, 0.2) is 0 Å². The lowest BCUT2D eigenvalue weighted by atomic mass is 9.97. The van der Waals surface area contributed by atoms with Crippen LogP contribution in [0.4, 0.5) is 0 Å². The van der Waals surface area contributed by atoms with E-state index in [9.17, 15) is 9.90 Å². The van der Waals surface area contributed by atoms with Crippen LogP contribution >= 0.6 is 35.0 Å². The summed E-state index contributed by atoms with van der Waals surface area (Å²) in [5.41, 5.74) is 0.231. The molecule has 3 aromatic carbocycles. The van der Waals surface area contributed by atoms with Crippen LogP contribution < -0.4 is 0 Å². The summed E-state index contributed by atoms with van der Waals surface area (Å²) < 4.78 is 0. The van der Waals surface area contributed by atoms with E-state index in [2.05, 4.69) is 0 Å². The van der Waals surface area contributed by atoms with Crippen molar-refractivity contribution >= 4 is 62.5 Å². The Kier molecular flexibility index (Phi) is 3.74. The van der Waals surface area contributed by atoms with Crippen LogP contribution in [0.2, 0.25) is 10.0 Å². The Morgan fingerprint density at radius 2 is 1.81 bits per heavy atom. The summed E-state index contributed by atoms with van der Waals surface area (Å²) in [5.74, 6) is -0.977. The fraction of sp³-hybridized carbons (Fsp3) is 0.0625. The van der Waals surface area contributed by atoms with E-state index in [1.807, 2.05) is 24.5 Å². The molecule has 3 rings (SSSR count). The van der Waals surface area contributed by atoms with Gasteiger partial charge < -0.3 is 5.11 Å². The third-order valence-corrected chi connectivity index (χ3v) is 4.97. The maximum absolute atomic E-state index is 11.5. The van der Waals surface area contributed by atoms with Crippen LogP contribution in [-0.4, -0.2) is 17.3 Å². The van der Waals surface area contributed by atoms with E-state index < -0.39 is 5.97 Å². The van der Waals surface area contributed by atoms with E-state index >= 15 is 0 Å². The molecule has 21 heavy (non-hydrogen) atoms. The molecule has 0 saturated heterocycles. The highest BCUT2D eigenvalue weighted by Crippen LogP contribution is 2.38. The van der Waals surface area contributed by atoms with Gasteiger partial charge in [0.05, 0.1) is 15.6 Å². The van der Waals surface area contributed by atoms with Gasteiger partial charge in [-0.2, -0.15) is 0 Å². The lowest BCUT2D eigenvalue weighted by Gasteiger charge is -2.11. The third-order valence-electron chi connectivity index (χ3n) is 3.44. The van der Waals surface area contributed by atoms with E-state index in [4.69, 9.17) is 23.2 Å². The zero-order valence-corrected chi connectivity index (χ0v) is 13.3. The molecule has 0 unspecified atom stereocenters. The van der Waals surface area contributed by atoms with Gasteiger partial charge in [0, 0.05) is 10.3 Å². The van der Waals surface area contributed by atoms with Crippen molar-refractivity contribution in [3.8, 4) is 0 Å². The number of carboxylic acid groups (broad SMARTS) is 1. The van der Waals surface area contributed by atoms with Gasteiger partial charge in [-0.25, -0.2) is 4.79 Å². The number of fused-ring (bicyclic) bond motifs is 3. The Balaban J connectivity index is 2.57. The summed E-state index contributed by atoms with van der Waals surface area (Å²) in [6.45, 7) is 0. The van der Waals surface area contributed by atoms with Crippen LogP contribution in [-0.2, 0) is 0 Å². The minimum absolute atomic E-state index is 0.231. The van der Waals surface area contributed by atoms with Crippen LogP contribution in [0.1, 0.15) is 10.4 Å². The Labute approximate surface area is 135 Å². The molecule has 0 amide bonds. The van der Waals surface area contributed by atoms with Crippen molar-refractivity contribution in [2.45, 2.75) is 4.90 Å². The smallest absolute Gasteiger partial charge is 0.336 e. The number of halogens is 2. The molecule has 0 saturated carbocycles. The van der Waals surface area contributed by atoms with Crippen molar-refractivity contribution < 1.29 is 9.90 Å². The standard InChI is InChI=1S/C16H10Cl2O2S/c1-21-9-2-3-10-8(6-9)7-12(16(19)20)11-4-5-13(17)15(18)14(10)11/h2-7H,1H3,(H,19,20). The lowest BCUT2D eigenvalue weighted by molar-refractivity contribution is 0.0699. The topological polar surface area (TPSA) is 37.3 Å². The minimum Gasteiger partial charge on any atom is -0.478 e. The summed E-state index contributed by atoms with van der Waals surface area (Å²) in [5, 5.41) is 13.3. The SMILES string of the molecule is CSc1ccc2c(c1)cc(C(=O)O)c1ccc(Cl)c(Cl)c12. The Hall–Kier alpha value is -1.42. The largest absolute Gasteiger partial charge is 0.478 e. The van der Waals surface area contributed by atoms with Gasteiger partial charge in [0.2, 0.25) is 0 Å². The number of carbonyl (C=O) groups is 1. The highest BCUT2D eigenvalue weighted by Gasteiger charge is 2.16. The summed E-state index contributed by atoms with van der Waals surface area (Å²) in [4.78, 5) is 12.6. The molecule has 106 valence electrons. The van der Waals surface area contributed by atoms with E-state index in [-0.39, 0.29) is 5.56 Å². The second-order valence-electron chi connectivity index (χ2n) is 4.60. The van der Waals surface area contributed by atoms with E-state index in [0.29, 0.717) is 20.8 Å². The van der Waals surface area contributed by atoms with Gasteiger partial charge in [-0.05, 0) is 46.7 Å². The van der Waals surface area contributed by atoms with Gasteiger partial charge in [-0.15, -0.1) is 11.8 Å². The summed E-state index contributed by atoms with van der Waals surface area (Å²) in [7, 11) is 0. The summed E-state index contributed by atoms with van der Waals surface area (Å²) in [6.07, 6.45) is 1.98. The Morgan fingerprint density at radius 3 is 2.48 bits per heavy atom. The van der Waals surface area contributed by atoms with Crippen LogP contribution in [0.15, 0.2) is 41.3 Å². The quantitative estimate of drug-likeness (QED) is 0.480. The molecular formula is C16H10Cl2O2S. The third kappa shape index (κ3) is 2.35. The Bertz CT molecular complexity index is 890. The van der Waals surface area contributed by atoms with Crippen LogP contribution in [0, 0.1) is 0 Å². The first-order valence-corrected chi connectivity index (χ1v) is 8.12. The number of carboxylic acids is 1. The maximum Gasteiger partial charge on any atom is 0.336 e. The molecule has 3 aromatic rings. The monoisotopic (exact) mass is 336 g/mol. The molecule has 0 aliphatic heterocycles. The van der Waals surface area contributed by atoms with Crippen molar-refractivity contribution in [1.82, 2.24) is 0 Å². The van der Waals surface area contributed by atoms with E-state index in [1.54, 1.807) is 30.0 Å². The highest BCUT2D eigenvalue weighted by atomic mass is 35.5.